The molecule has 1 fully saturated rings. The first-order valence-electron chi connectivity index (χ1n) is 9.47. The molecule has 1 N–H and O–H groups in total. The molecular weight excluding hydrogens is 340 g/mol. The van der Waals surface area contributed by atoms with Crippen LogP contribution >= 0.6 is 0 Å². The summed E-state index contributed by atoms with van der Waals surface area (Å²) in [4.78, 5) is 26.6. The van der Waals surface area contributed by atoms with Crippen molar-refractivity contribution in [2.75, 3.05) is 23.4 Å². The molecule has 3 rings (SSSR count). The molecule has 1 aliphatic heterocycles. The van der Waals surface area contributed by atoms with Crippen LogP contribution in [0.2, 0.25) is 0 Å². The van der Waals surface area contributed by atoms with Gasteiger partial charge in [-0.1, -0.05) is 31.0 Å². The van der Waals surface area contributed by atoms with Crippen molar-refractivity contribution in [3.8, 4) is 5.75 Å². The third kappa shape index (κ3) is 4.88. The Bertz CT molecular complexity index is 784. The number of nitrogens with zero attached hydrogens (tertiary/aromatic N) is 1. The summed E-state index contributed by atoms with van der Waals surface area (Å²) < 4.78 is 5.63. The Morgan fingerprint density at radius 2 is 1.85 bits per heavy atom. The van der Waals surface area contributed by atoms with Crippen LogP contribution < -0.4 is 15.0 Å². The Hall–Kier alpha value is -2.82. The molecular formula is C22H26N2O3. The SMILES string of the molecule is CCCCOc1ccc(NC(=O)[C@H]2CC(=O)N(c3ccc(C)cc3)C2)cc1. The van der Waals surface area contributed by atoms with Crippen molar-refractivity contribution in [3.63, 3.8) is 0 Å². The van der Waals surface area contributed by atoms with Gasteiger partial charge in [-0.05, 0) is 49.7 Å². The Morgan fingerprint density at radius 3 is 2.52 bits per heavy atom. The summed E-state index contributed by atoms with van der Waals surface area (Å²) in [5, 5.41) is 2.91. The molecule has 0 bridgehead atoms. The van der Waals surface area contributed by atoms with Crippen LogP contribution in [0.5, 0.6) is 5.75 Å². The largest absolute Gasteiger partial charge is 0.494 e. The summed E-state index contributed by atoms with van der Waals surface area (Å²) in [6, 6.07) is 15.1. The molecule has 0 saturated carbocycles. The number of hydrogen-bond acceptors (Lipinski definition) is 3. The molecule has 0 aliphatic carbocycles. The molecule has 1 aliphatic rings. The zero-order valence-electron chi connectivity index (χ0n) is 15.9. The lowest BCUT2D eigenvalue weighted by Gasteiger charge is -2.17. The van der Waals surface area contributed by atoms with Crippen LogP contribution in [-0.4, -0.2) is 25.0 Å². The van der Waals surface area contributed by atoms with E-state index in [-0.39, 0.29) is 24.2 Å². The number of benzene rings is 2. The molecule has 0 spiro atoms. The maximum absolute atomic E-state index is 12.6. The van der Waals surface area contributed by atoms with Crippen molar-refractivity contribution in [1.29, 1.82) is 0 Å². The summed E-state index contributed by atoms with van der Waals surface area (Å²) in [5.41, 5.74) is 2.69. The van der Waals surface area contributed by atoms with E-state index < -0.39 is 0 Å². The minimum atomic E-state index is -0.348. The molecule has 0 radical (unpaired) electrons. The van der Waals surface area contributed by atoms with Gasteiger partial charge in [-0.15, -0.1) is 0 Å². The molecule has 142 valence electrons. The third-order valence-corrected chi connectivity index (χ3v) is 4.73. The van der Waals surface area contributed by atoms with E-state index in [0.29, 0.717) is 18.8 Å². The first kappa shape index (κ1) is 19.0. The molecule has 2 aromatic carbocycles. The van der Waals surface area contributed by atoms with E-state index in [1.165, 1.54) is 0 Å². The average molecular weight is 366 g/mol. The lowest BCUT2D eigenvalue weighted by molar-refractivity contribution is -0.122. The summed E-state index contributed by atoms with van der Waals surface area (Å²) in [6.45, 7) is 5.23. The Labute approximate surface area is 160 Å². The maximum Gasteiger partial charge on any atom is 0.229 e. The van der Waals surface area contributed by atoms with Gasteiger partial charge in [0, 0.05) is 24.3 Å². The van der Waals surface area contributed by atoms with Gasteiger partial charge in [-0.2, -0.15) is 0 Å². The second kappa shape index (κ2) is 8.71. The van der Waals surface area contributed by atoms with E-state index in [9.17, 15) is 9.59 Å². The van der Waals surface area contributed by atoms with E-state index in [0.717, 1.165) is 29.8 Å². The Kier molecular flexibility index (Phi) is 6.12. The van der Waals surface area contributed by atoms with Crippen LogP contribution in [-0.2, 0) is 9.59 Å². The van der Waals surface area contributed by atoms with Gasteiger partial charge in [0.25, 0.3) is 0 Å². The molecule has 0 unspecified atom stereocenters. The number of unbranched alkanes of at least 4 members (excludes halogenated alkanes) is 1. The van der Waals surface area contributed by atoms with Crippen molar-refractivity contribution in [2.24, 2.45) is 5.92 Å². The predicted octanol–water partition coefficient (Wildman–Crippen LogP) is 4.17. The standard InChI is InChI=1S/C22H26N2O3/c1-3-4-13-27-20-11-7-18(8-12-20)23-22(26)17-14-21(25)24(15-17)19-9-5-16(2)6-10-19/h5-12,17H,3-4,13-15H2,1-2H3,(H,23,26)/t17-/m0/s1. The van der Waals surface area contributed by atoms with Gasteiger partial charge in [0.05, 0.1) is 12.5 Å². The number of carbonyl (C=O) groups excluding carboxylic acids is 2. The van der Waals surface area contributed by atoms with Crippen LogP contribution in [0.25, 0.3) is 0 Å². The van der Waals surface area contributed by atoms with Crippen molar-refractivity contribution in [1.82, 2.24) is 0 Å². The summed E-state index contributed by atoms with van der Waals surface area (Å²) in [7, 11) is 0. The summed E-state index contributed by atoms with van der Waals surface area (Å²) in [5.74, 6) is 0.304. The van der Waals surface area contributed by atoms with Crippen LogP contribution in [0.15, 0.2) is 48.5 Å². The first-order valence-corrected chi connectivity index (χ1v) is 9.47. The number of anilines is 2. The van der Waals surface area contributed by atoms with E-state index in [1.807, 2.05) is 55.5 Å². The molecule has 27 heavy (non-hydrogen) atoms. The summed E-state index contributed by atoms with van der Waals surface area (Å²) in [6.07, 6.45) is 2.34. The molecule has 1 atom stereocenters. The normalized spacial score (nSPS) is 16.4. The fourth-order valence-electron chi connectivity index (χ4n) is 3.07. The van der Waals surface area contributed by atoms with E-state index >= 15 is 0 Å². The lowest BCUT2D eigenvalue weighted by Crippen LogP contribution is -2.28. The van der Waals surface area contributed by atoms with Crippen molar-refractivity contribution in [2.45, 2.75) is 33.1 Å². The minimum absolute atomic E-state index is 0.0151. The van der Waals surface area contributed by atoms with Gasteiger partial charge in [0.15, 0.2) is 0 Å². The highest BCUT2D eigenvalue weighted by Crippen LogP contribution is 2.26. The van der Waals surface area contributed by atoms with Gasteiger partial charge < -0.3 is 15.0 Å². The Balaban J connectivity index is 1.57. The zero-order chi connectivity index (χ0) is 19.2. The number of aryl methyl sites for hydroxylation is 1. The number of amides is 2. The maximum atomic E-state index is 12.6. The minimum Gasteiger partial charge on any atom is -0.494 e. The van der Waals surface area contributed by atoms with E-state index in [2.05, 4.69) is 12.2 Å². The molecule has 5 nitrogen and oxygen atoms in total. The first-order chi connectivity index (χ1) is 13.1. The number of rotatable bonds is 7. The molecule has 1 saturated heterocycles. The van der Waals surface area contributed by atoms with Gasteiger partial charge in [0.1, 0.15) is 5.75 Å². The smallest absolute Gasteiger partial charge is 0.229 e. The average Bonchev–Trinajstić information content (AvgIpc) is 3.06. The number of ether oxygens (including phenoxy) is 1. The van der Waals surface area contributed by atoms with Gasteiger partial charge in [-0.3, -0.25) is 9.59 Å². The van der Waals surface area contributed by atoms with E-state index in [1.54, 1.807) is 4.90 Å². The fraction of sp³-hybridized carbons (Fsp3) is 0.364. The predicted molar refractivity (Wildman–Crippen MR) is 107 cm³/mol. The van der Waals surface area contributed by atoms with Gasteiger partial charge in [0.2, 0.25) is 11.8 Å². The van der Waals surface area contributed by atoms with Crippen LogP contribution in [0, 0.1) is 12.8 Å². The van der Waals surface area contributed by atoms with Crippen LogP contribution in [0.3, 0.4) is 0 Å². The second-order valence-corrected chi connectivity index (χ2v) is 6.96. The van der Waals surface area contributed by atoms with Crippen LogP contribution in [0.4, 0.5) is 11.4 Å². The van der Waals surface area contributed by atoms with Crippen LogP contribution in [0.1, 0.15) is 31.7 Å². The number of carbonyl (C=O) groups is 2. The van der Waals surface area contributed by atoms with Gasteiger partial charge >= 0.3 is 0 Å². The third-order valence-electron chi connectivity index (χ3n) is 4.73. The highest BCUT2D eigenvalue weighted by Gasteiger charge is 2.35. The quantitative estimate of drug-likeness (QED) is 0.749. The molecule has 2 aromatic rings. The lowest BCUT2D eigenvalue weighted by atomic mass is 10.1. The monoisotopic (exact) mass is 366 g/mol. The topological polar surface area (TPSA) is 58.6 Å². The van der Waals surface area contributed by atoms with Crippen molar-refractivity contribution < 1.29 is 14.3 Å². The zero-order valence-corrected chi connectivity index (χ0v) is 15.9. The molecule has 2 amide bonds. The van der Waals surface area contributed by atoms with Crippen molar-refractivity contribution in [3.05, 3.63) is 54.1 Å². The van der Waals surface area contributed by atoms with Gasteiger partial charge in [-0.25, -0.2) is 0 Å². The molecule has 5 heteroatoms. The second-order valence-electron chi connectivity index (χ2n) is 6.96. The molecule has 1 heterocycles. The fourth-order valence-corrected chi connectivity index (χ4v) is 3.07. The van der Waals surface area contributed by atoms with E-state index in [4.69, 9.17) is 4.74 Å². The number of hydrogen-bond donors (Lipinski definition) is 1. The number of nitrogens with one attached hydrogen (secondary N) is 1. The Morgan fingerprint density at radius 1 is 1.15 bits per heavy atom. The molecule has 0 aromatic heterocycles. The highest BCUT2D eigenvalue weighted by molar-refractivity contribution is 6.03. The highest BCUT2D eigenvalue weighted by atomic mass is 16.5. The van der Waals surface area contributed by atoms with Crippen molar-refractivity contribution >= 4 is 23.2 Å². The summed E-state index contributed by atoms with van der Waals surface area (Å²) >= 11 is 0.